The van der Waals surface area contributed by atoms with E-state index < -0.39 is 26.0 Å². The summed E-state index contributed by atoms with van der Waals surface area (Å²) in [7, 11) is -7.83. The van der Waals surface area contributed by atoms with E-state index in [2.05, 4.69) is 0 Å². The van der Waals surface area contributed by atoms with Gasteiger partial charge in [0, 0.05) is 12.8 Å². The minimum Gasteiger partial charge on any atom is -0.347 e. The highest BCUT2D eigenvalue weighted by Gasteiger charge is 2.37. The van der Waals surface area contributed by atoms with Gasteiger partial charge in [0.2, 0.25) is 0 Å². The molecule has 31 heavy (non-hydrogen) atoms. The van der Waals surface area contributed by atoms with E-state index in [4.69, 9.17) is 17.8 Å². The molecule has 1 aliphatic rings. The van der Waals surface area contributed by atoms with Gasteiger partial charge in [-0.3, -0.25) is 8.37 Å². The van der Waals surface area contributed by atoms with Crippen LogP contribution in [0.5, 0.6) is 0 Å². The Labute approximate surface area is 183 Å². The molecule has 2 aromatic rings. The Morgan fingerprint density at radius 2 is 1.06 bits per heavy atom. The van der Waals surface area contributed by atoms with Gasteiger partial charge in [-0.05, 0) is 38.1 Å². The highest BCUT2D eigenvalue weighted by atomic mass is 32.2. The molecule has 2 aromatic carbocycles. The number of hydrogen-bond donors (Lipinski definition) is 0. The van der Waals surface area contributed by atoms with Crippen LogP contribution in [0.4, 0.5) is 0 Å². The molecule has 170 valence electrons. The van der Waals surface area contributed by atoms with Gasteiger partial charge in [0.25, 0.3) is 20.2 Å². The van der Waals surface area contributed by atoms with Crippen LogP contribution in [-0.2, 0) is 38.1 Å². The van der Waals surface area contributed by atoms with Crippen LogP contribution in [0.2, 0.25) is 0 Å². The Hall–Kier alpha value is -1.82. The van der Waals surface area contributed by atoms with Crippen molar-refractivity contribution < 1.29 is 34.7 Å². The summed E-state index contributed by atoms with van der Waals surface area (Å²) in [5, 5.41) is 0. The third-order valence-electron chi connectivity index (χ3n) is 4.88. The molecule has 1 heterocycles. The molecule has 0 spiro atoms. The summed E-state index contributed by atoms with van der Waals surface area (Å²) in [5.41, 5.74) is 1.87. The zero-order valence-corrected chi connectivity index (χ0v) is 19.1. The number of ether oxygens (including phenoxy) is 2. The van der Waals surface area contributed by atoms with Crippen molar-refractivity contribution in [3.63, 3.8) is 0 Å². The Morgan fingerprint density at radius 3 is 1.42 bits per heavy atom. The fourth-order valence-electron chi connectivity index (χ4n) is 3.07. The largest absolute Gasteiger partial charge is 0.347 e. The van der Waals surface area contributed by atoms with Gasteiger partial charge in [-0.2, -0.15) is 16.8 Å². The summed E-state index contributed by atoms with van der Waals surface area (Å²) >= 11 is 0. The molecule has 0 bridgehead atoms. The summed E-state index contributed by atoms with van der Waals surface area (Å²) in [6.07, 6.45) is 0.206. The first kappa shape index (κ1) is 23.8. The average molecular weight is 471 g/mol. The standard InChI is InChI=1S/C21H26O8S2/c1-17-3-7-19(8-4-17)30(22,23)28-13-11-21(26-15-16-27-21)12-14-29-31(24,25)20-9-5-18(2)6-10-20/h3-10H,11-16H2,1-2H3. The van der Waals surface area contributed by atoms with Gasteiger partial charge in [0.15, 0.2) is 5.79 Å². The molecule has 0 N–H and O–H groups in total. The summed E-state index contributed by atoms with van der Waals surface area (Å²) in [6.45, 7) is 3.99. The van der Waals surface area contributed by atoms with Crippen molar-refractivity contribution in [2.45, 2.75) is 42.3 Å². The maximum atomic E-state index is 12.3. The fraction of sp³-hybridized carbons (Fsp3) is 0.429. The summed E-state index contributed by atoms with van der Waals surface area (Å²) in [4.78, 5) is 0.126. The molecule has 1 fully saturated rings. The maximum Gasteiger partial charge on any atom is 0.296 e. The lowest BCUT2D eigenvalue weighted by molar-refractivity contribution is -0.173. The topological polar surface area (TPSA) is 105 Å². The molecule has 0 atom stereocenters. The van der Waals surface area contributed by atoms with Crippen LogP contribution in [0.25, 0.3) is 0 Å². The van der Waals surface area contributed by atoms with Gasteiger partial charge in [-0.15, -0.1) is 0 Å². The molecule has 1 aliphatic heterocycles. The minimum absolute atomic E-state index is 0.0629. The molecular weight excluding hydrogens is 444 g/mol. The van der Waals surface area contributed by atoms with E-state index in [1.165, 1.54) is 24.3 Å². The molecule has 0 amide bonds. The Morgan fingerprint density at radius 1 is 0.710 bits per heavy atom. The molecular formula is C21H26O8S2. The second-order valence-electron chi connectivity index (χ2n) is 7.29. The first-order chi connectivity index (χ1) is 14.6. The smallest absolute Gasteiger partial charge is 0.296 e. The lowest BCUT2D eigenvalue weighted by Crippen LogP contribution is -2.34. The van der Waals surface area contributed by atoms with Gasteiger partial charge in [-0.1, -0.05) is 35.4 Å². The van der Waals surface area contributed by atoms with Crippen molar-refractivity contribution in [3.05, 3.63) is 59.7 Å². The second-order valence-corrected chi connectivity index (χ2v) is 10.5. The number of aryl methyl sites for hydroxylation is 2. The van der Waals surface area contributed by atoms with Crippen molar-refractivity contribution in [1.82, 2.24) is 0 Å². The summed E-state index contributed by atoms with van der Waals surface area (Å²) < 4.78 is 70.9. The Kier molecular flexibility index (Phi) is 7.51. The normalized spacial score (nSPS) is 16.5. The van der Waals surface area contributed by atoms with Crippen molar-refractivity contribution in [2.75, 3.05) is 26.4 Å². The minimum atomic E-state index is -3.92. The third kappa shape index (κ3) is 6.34. The van der Waals surface area contributed by atoms with Gasteiger partial charge in [0.05, 0.1) is 36.2 Å². The van der Waals surface area contributed by atoms with Crippen LogP contribution in [0, 0.1) is 13.8 Å². The zero-order chi connectivity index (χ0) is 22.5. The average Bonchev–Trinajstić information content (AvgIpc) is 3.17. The summed E-state index contributed by atoms with van der Waals surface area (Å²) in [5.74, 6) is -1.16. The van der Waals surface area contributed by atoms with E-state index in [1.807, 2.05) is 13.8 Å². The Bertz CT molecular complexity index is 986. The van der Waals surface area contributed by atoms with E-state index in [9.17, 15) is 16.8 Å². The van der Waals surface area contributed by atoms with E-state index in [1.54, 1.807) is 24.3 Å². The van der Waals surface area contributed by atoms with Crippen molar-refractivity contribution in [3.8, 4) is 0 Å². The van der Waals surface area contributed by atoms with E-state index in [0.29, 0.717) is 13.2 Å². The molecule has 10 heteroatoms. The van der Waals surface area contributed by atoms with Crippen LogP contribution in [-0.4, -0.2) is 49.1 Å². The van der Waals surface area contributed by atoms with Crippen molar-refractivity contribution in [1.29, 1.82) is 0 Å². The fourth-order valence-corrected chi connectivity index (χ4v) is 4.89. The molecule has 0 aliphatic carbocycles. The first-order valence-electron chi connectivity index (χ1n) is 9.82. The maximum absolute atomic E-state index is 12.3. The monoisotopic (exact) mass is 470 g/mol. The van der Waals surface area contributed by atoms with Crippen LogP contribution in [0.1, 0.15) is 24.0 Å². The Balaban J connectivity index is 1.56. The number of benzene rings is 2. The van der Waals surface area contributed by atoms with Crippen LogP contribution < -0.4 is 0 Å². The lowest BCUT2D eigenvalue weighted by atomic mass is 10.1. The number of hydrogen-bond acceptors (Lipinski definition) is 8. The lowest BCUT2D eigenvalue weighted by Gasteiger charge is -2.27. The van der Waals surface area contributed by atoms with E-state index >= 15 is 0 Å². The van der Waals surface area contributed by atoms with Crippen LogP contribution in [0.15, 0.2) is 58.3 Å². The van der Waals surface area contributed by atoms with E-state index in [-0.39, 0.29) is 35.8 Å². The molecule has 1 saturated heterocycles. The van der Waals surface area contributed by atoms with Crippen LogP contribution >= 0.6 is 0 Å². The van der Waals surface area contributed by atoms with Crippen molar-refractivity contribution in [2.24, 2.45) is 0 Å². The number of rotatable bonds is 10. The van der Waals surface area contributed by atoms with Gasteiger partial charge < -0.3 is 9.47 Å². The molecule has 0 aromatic heterocycles. The van der Waals surface area contributed by atoms with Crippen molar-refractivity contribution >= 4 is 20.2 Å². The van der Waals surface area contributed by atoms with E-state index in [0.717, 1.165) is 11.1 Å². The van der Waals surface area contributed by atoms with Gasteiger partial charge in [0.1, 0.15) is 0 Å². The third-order valence-corrected chi connectivity index (χ3v) is 7.53. The zero-order valence-electron chi connectivity index (χ0n) is 17.4. The van der Waals surface area contributed by atoms with Gasteiger partial charge in [-0.25, -0.2) is 0 Å². The summed E-state index contributed by atoms with van der Waals surface area (Å²) in [6, 6.07) is 12.7. The first-order valence-corrected chi connectivity index (χ1v) is 12.6. The molecule has 0 radical (unpaired) electrons. The highest BCUT2D eigenvalue weighted by molar-refractivity contribution is 7.87. The second kappa shape index (κ2) is 9.76. The molecule has 0 saturated carbocycles. The van der Waals surface area contributed by atoms with Crippen LogP contribution in [0.3, 0.4) is 0 Å². The van der Waals surface area contributed by atoms with Gasteiger partial charge >= 0.3 is 0 Å². The molecule has 0 unspecified atom stereocenters. The molecule has 3 rings (SSSR count). The predicted octanol–water partition coefficient (Wildman–Crippen LogP) is 2.94. The predicted molar refractivity (Wildman–Crippen MR) is 113 cm³/mol. The SMILES string of the molecule is Cc1ccc(S(=O)(=O)OCCC2(CCOS(=O)(=O)c3ccc(C)cc3)OCCO2)cc1. The molecule has 8 nitrogen and oxygen atoms in total. The quantitative estimate of drug-likeness (QED) is 0.488. The highest BCUT2D eigenvalue weighted by Crippen LogP contribution is 2.29.